The monoisotopic (exact) mass is 215 g/mol. The van der Waals surface area contributed by atoms with Crippen LogP contribution < -0.4 is 5.73 Å². The van der Waals surface area contributed by atoms with Gasteiger partial charge in [-0.1, -0.05) is 12.1 Å². The van der Waals surface area contributed by atoms with Gasteiger partial charge in [-0.3, -0.25) is 0 Å². The number of hydrogen-bond donors (Lipinski definition) is 1. The van der Waals surface area contributed by atoms with Crippen molar-refractivity contribution < 1.29 is 13.2 Å². The van der Waals surface area contributed by atoms with E-state index in [9.17, 15) is 13.2 Å². The second-order valence-corrected chi connectivity index (χ2v) is 4.02. The fourth-order valence-corrected chi connectivity index (χ4v) is 1.67. The zero-order valence-electron chi connectivity index (χ0n) is 8.14. The van der Waals surface area contributed by atoms with Gasteiger partial charge in [0, 0.05) is 5.69 Å². The molecular formula is C11H12F3N. The van der Waals surface area contributed by atoms with Crippen molar-refractivity contribution in [2.45, 2.75) is 25.4 Å². The van der Waals surface area contributed by atoms with Crippen LogP contribution in [0.1, 0.15) is 24.0 Å². The van der Waals surface area contributed by atoms with Crippen molar-refractivity contribution in [3.63, 3.8) is 0 Å². The first-order chi connectivity index (χ1) is 6.98. The SMILES string of the molecule is Nc1c(CC2CC2)cccc1C(F)(F)F. The zero-order valence-corrected chi connectivity index (χ0v) is 8.14. The molecule has 0 spiro atoms. The molecule has 2 N–H and O–H groups in total. The summed E-state index contributed by atoms with van der Waals surface area (Å²) in [5, 5.41) is 0. The molecule has 1 saturated carbocycles. The highest BCUT2D eigenvalue weighted by Crippen LogP contribution is 2.38. The van der Waals surface area contributed by atoms with Crippen molar-refractivity contribution in [1.82, 2.24) is 0 Å². The van der Waals surface area contributed by atoms with Gasteiger partial charge in [-0.05, 0) is 36.8 Å². The second-order valence-electron chi connectivity index (χ2n) is 4.02. The van der Waals surface area contributed by atoms with Gasteiger partial charge in [0.2, 0.25) is 0 Å². The summed E-state index contributed by atoms with van der Waals surface area (Å²) < 4.78 is 37.5. The van der Waals surface area contributed by atoms with Crippen LogP contribution in [0.2, 0.25) is 0 Å². The van der Waals surface area contributed by atoms with Gasteiger partial charge in [0.05, 0.1) is 5.56 Å². The zero-order chi connectivity index (χ0) is 11.1. The highest BCUT2D eigenvalue weighted by Gasteiger charge is 2.34. The lowest BCUT2D eigenvalue weighted by molar-refractivity contribution is -0.136. The van der Waals surface area contributed by atoms with Gasteiger partial charge >= 0.3 is 6.18 Å². The highest BCUT2D eigenvalue weighted by atomic mass is 19.4. The number of nitrogens with two attached hydrogens (primary N) is 1. The van der Waals surface area contributed by atoms with Crippen molar-refractivity contribution in [2.24, 2.45) is 5.92 Å². The Balaban J connectivity index is 2.31. The molecule has 1 nitrogen and oxygen atoms in total. The molecule has 1 aromatic rings. The molecule has 0 aromatic heterocycles. The molecule has 1 aliphatic carbocycles. The Kier molecular flexibility index (Phi) is 2.37. The molecule has 1 aromatic carbocycles. The Labute approximate surface area is 86.1 Å². The Hall–Kier alpha value is -1.19. The third-order valence-corrected chi connectivity index (χ3v) is 2.71. The third kappa shape index (κ3) is 2.25. The Morgan fingerprint density at radius 3 is 2.47 bits per heavy atom. The molecular weight excluding hydrogens is 203 g/mol. The van der Waals surface area contributed by atoms with E-state index in [0.717, 1.165) is 18.9 Å². The van der Waals surface area contributed by atoms with Gasteiger partial charge in [0.15, 0.2) is 0 Å². The summed E-state index contributed by atoms with van der Waals surface area (Å²) in [6.07, 6.45) is -1.45. The summed E-state index contributed by atoms with van der Waals surface area (Å²) in [5.74, 6) is 0.538. The van der Waals surface area contributed by atoms with Crippen molar-refractivity contribution in [2.75, 3.05) is 5.73 Å². The molecule has 4 heteroatoms. The molecule has 82 valence electrons. The molecule has 0 amide bonds. The summed E-state index contributed by atoms with van der Waals surface area (Å²) in [6, 6.07) is 4.14. The van der Waals surface area contributed by atoms with E-state index in [1.165, 1.54) is 6.07 Å². The minimum absolute atomic E-state index is 0.100. The van der Waals surface area contributed by atoms with Crippen LogP contribution in [-0.2, 0) is 12.6 Å². The second kappa shape index (κ2) is 3.43. The van der Waals surface area contributed by atoms with Gasteiger partial charge in [-0.2, -0.15) is 13.2 Å². The first-order valence-electron chi connectivity index (χ1n) is 4.93. The van der Waals surface area contributed by atoms with E-state index < -0.39 is 11.7 Å². The fourth-order valence-electron chi connectivity index (χ4n) is 1.67. The Morgan fingerprint density at radius 1 is 1.27 bits per heavy atom. The lowest BCUT2D eigenvalue weighted by Gasteiger charge is -2.13. The maximum Gasteiger partial charge on any atom is 0.418 e. The van der Waals surface area contributed by atoms with E-state index in [4.69, 9.17) is 5.73 Å². The van der Waals surface area contributed by atoms with Crippen LogP contribution in [0.4, 0.5) is 18.9 Å². The number of anilines is 1. The molecule has 1 aliphatic rings. The van der Waals surface area contributed by atoms with Crippen LogP contribution >= 0.6 is 0 Å². The minimum atomic E-state index is -4.34. The predicted molar refractivity (Wildman–Crippen MR) is 52.3 cm³/mol. The average molecular weight is 215 g/mol. The lowest BCUT2D eigenvalue weighted by Crippen LogP contribution is -2.10. The topological polar surface area (TPSA) is 26.0 Å². The van der Waals surface area contributed by atoms with E-state index in [0.29, 0.717) is 17.9 Å². The first kappa shape index (κ1) is 10.3. The van der Waals surface area contributed by atoms with Crippen molar-refractivity contribution in [1.29, 1.82) is 0 Å². The molecule has 0 atom stereocenters. The minimum Gasteiger partial charge on any atom is -0.398 e. The fraction of sp³-hybridized carbons (Fsp3) is 0.455. The van der Waals surface area contributed by atoms with Crippen LogP contribution in [0, 0.1) is 5.92 Å². The van der Waals surface area contributed by atoms with Gasteiger partial charge in [0.1, 0.15) is 0 Å². The highest BCUT2D eigenvalue weighted by molar-refractivity contribution is 5.55. The van der Waals surface area contributed by atoms with E-state index in [2.05, 4.69) is 0 Å². The molecule has 0 bridgehead atoms. The molecule has 0 aliphatic heterocycles. The molecule has 15 heavy (non-hydrogen) atoms. The lowest BCUT2D eigenvalue weighted by atomic mass is 10.0. The summed E-state index contributed by atoms with van der Waals surface area (Å²) in [6.45, 7) is 0. The number of halogens is 3. The van der Waals surface area contributed by atoms with Gasteiger partial charge < -0.3 is 5.73 Å². The number of hydrogen-bond acceptors (Lipinski definition) is 1. The summed E-state index contributed by atoms with van der Waals surface area (Å²) >= 11 is 0. The smallest absolute Gasteiger partial charge is 0.398 e. The van der Waals surface area contributed by atoms with E-state index in [1.807, 2.05) is 0 Å². The standard InChI is InChI=1S/C11H12F3N/c12-11(13,14)9-3-1-2-8(10(9)15)6-7-4-5-7/h1-3,7H,4-6,15H2. The number of benzene rings is 1. The maximum absolute atomic E-state index is 12.5. The van der Waals surface area contributed by atoms with Gasteiger partial charge in [-0.15, -0.1) is 0 Å². The maximum atomic E-state index is 12.5. The van der Waals surface area contributed by atoms with Gasteiger partial charge in [-0.25, -0.2) is 0 Å². The summed E-state index contributed by atoms with van der Waals surface area (Å²) in [5.41, 5.74) is 5.35. The number of para-hydroxylation sites is 1. The van der Waals surface area contributed by atoms with Crippen LogP contribution in [0.25, 0.3) is 0 Å². The average Bonchev–Trinajstić information content (AvgIpc) is 2.90. The number of rotatable bonds is 2. The predicted octanol–water partition coefficient (Wildman–Crippen LogP) is 3.24. The molecule has 0 saturated heterocycles. The molecule has 1 fully saturated rings. The molecule has 0 radical (unpaired) electrons. The summed E-state index contributed by atoms with van der Waals surface area (Å²) in [4.78, 5) is 0. The number of nitrogen functional groups attached to an aromatic ring is 1. The Morgan fingerprint density at radius 2 is 1.93 bits per heavy atom. The van der Waals surface area contributed by atoms with Crippen LogP contribution in [-0.4, -0.2) is 0 Å². The third-order valence-electron chi connectivity index (χ3n) is 2.71. The van der Waals surface area contributed by atoms with Crippen LogP contribution in [0.5, 0.6) is 0 Å². The van der Waals surface area contributed by atoms with Crippen LogP contribution in [0.3, 0.4) is 0 Å². The Bertz CT molecular complexity index is 367. The van der Waals surface area contributed by atoms with Crippen LogP contribution in [0.15, 0.2) is 18.2 Å². The van der Waals surface area contributed by atoms with Gasteiger partial charge in [0.25, 0.3) is 0 Å². The first-order valence-corrected chi connectivity index (χ1v) is 4.93. The van der Waals surface area contributed by atoms with Crippen molar-refractivity contribution in [3.8, 4) is 0 Å². The van der Waals surface area contributed by atoms with E-state index in [1.54, 1.807) is 6.07 Å². The molecule has 0 heterocycles. The largest absolute Gasteiger partial charge is 0.418 e. The normalized spacial score (nSPS) is 16.7. The molecule has 0 unspecified atom stereocenters. The quantitative estimate of drug-likeness (QED) is 0.753. The van der Waals surface area contributed by atoms with E-state index in [-0.39, 0.29) is 5.69 Å². The van der Waals surface area contributed by atoms with Crippen molar-refractivity contribution >= 4 is 5.69 Å². The summed E-state index contributed by atoms with van der Waals surface area (Å²) in [7, 11) is 0. The number of alkyl halides is 3. The molecule has 2 rings (SSSR count). The van der Waals surface area contributed by atoms with Crippen molar-refractivity contribution in [3.05, 3.63) is 29.3 Å². The van der Waals surface area contributed by atoms with E-state index >= 15 is 0 Å².